The summed E-state index contributed by atoms with van der Waals surface area (Å²) in [6.07, 6.45) is 5.84. The van der Waals surface area contributed by atoms with Crippen molar-refractivity contribution in [1.82, 2.24) is 19.1 Å². The largest absolute Gasteiger partial charge is 0.394 e. The highest BCUT2D eigenvalue weighted by Gasteiger charge is 2.37. The number of rotatable bonds is 10. The van der Waals surface area contributed by atoms with Gasteiger partial charge in [-0.25, -0.2) is 15.0 Å². The summed E-state index contributed by atoms with van der Waals surface area (Å²) in [5.74, 6) is 1.37. The Hall–Kier alpha value is -3.65. The molecule has 3 N–H and O–H groups in total. The first-order chi connectivity index (χ1) is 17.5. The zero-order valence-corrected chi connectivity index (χ0v) is 19.4. The molecule has 36 heavy (non-hydrogen) atoms. The third-order valence-electron chi connectivity index (χ3n) is 6.27. The topological polar surface area (TPSA) is 162 Å². The fraction of sp³-hybridized carbons (Fsp3) is 0.435. The van der Waals surface area contributed by atoms with Crippen molar-refractivity contribution < 1.29 is 24.6 Å². The first kappa shape index (κ1) is 24.1. The van der Waals surface area contributed by atoms with Gasteiger partial charge >= 0.3 is 0 Å². The maximum Gasteiger partial charge on any atom is 0.269 e. The van der Waals surface area contributed by atoms with Crippen LogP contribution in [0.2, 0.25) is 0 Å². The molecule has 4 atom stereocenters. The number of nitrogens with zero attached hydrogens (tertiary/aromatic N) is 6. The van der Waals surface area contributed by atoms with Crippen molar-refractivity contribution in [2.45, 2.75) is 50.5 Å². The average Bonchev–Trinajstić information content (AvgIpc) is 3.63. The summed E-state index contributed by atoms with van der Waals surface area (Å²) in [5.41, 5.74) is 1.55. The lowest BCUT2D eigenvalue weighted by Gasteiger charge is -2.25. The SMILES string of the molecule is O=[N+]([O-])c1ccc(CCOC2N=C(CCn3ccnc3)Nc3c2ncn3C2CC(O)C(CO)O2)cc1. The molecule has 0 amide bonds. The second-order valence-corrected chi connectivity index (χ2v) is 8.65. The van der Waals surface area contributed by atoms with Crippen molar-refractivity contribution in [1.29, 1.82) is 0 Å². The molecule has 4 heterocycles. The van der Waals surface area contributed by atoms with Gasteiger partial charge in [0.15, 0.2) is 6.23 Å². The van der Waals surface area contributed by atoms with Crippen molar-refractivity contribution in [3.8, 4) is 0 Å². The Morgan fingerprint density at radius 2 is 2.08 bits per heavy atom. The summed E-state index contributed by atoms with van der Waals surface area (Å²) in [4.78, 5) is 23.8. The molecule has 1 fully saturated rings. The second kappa shape index (κ2) is 10.5. The number of aryl methyl sites for hydroxylation is 1. The standard InChI is InChI=1S/C23H27N7O6/c31-12-18-17(32)11-20(36-18)29-14-25-21-22(29)26-19(5-8-28-9-7-24-13-28)27-23(21)35-10-6-15-1-3-16(4-2-15)30(33)34/h1-4,7,9,13-14,17-18,20,23,31-32H,5-6,8,10-12H2,(H,26,27). The Bertz CT molecular complexity index is 1210. The van der Waals surface area contributed by atoms with Crippen molar-refractivity contribution in [3.05, 3.63) is 70.7 Å². The minimum absolute atomic E-state index is 0.0445. The number of benzene rings is 1. The molecular formula is C23H27N7O6. The van der Waals surface area contributed by atoms with Gasteiger partial charge in [-0.1, -0.05) is 12.1 Å². The van der Waals surface area contributed by atoms with Crippen molar-refractivity contribution in [2.24, 2.45) is 4.99 Å². The summed E-state index contributed by atoms with van der Waals surface area (Å²) in [5, 5.41) is 33.9. The molecule has 13 heteroatoms. The number of aliphatic imine (C=N–C) groups is 1. The highest BCUT2D eigenvalue weighted by molar-refractivity contribution is 5.96. The molecule has 0 aliphatic carbocycles. The van der Waals surface area contributed by atoms with E-state index in [9.17, 15) is 20.3 Å². The first-order valence-corrected chi connectivity index (χ1v) is 11.7. The Morgan fingerprint density at radius 3 is 2.78 bits per heavy atom. The average molecular weight is 498 g/mol. The van der Waals surface area contributed by atoms with Gasteiger partial charge in [0.25, 0.3) is 5.69 Å². The molecule has 3 aromatic rings. The molecule has 0 spiro atoms. The zero-order valence-electron chi connectivity index (χ0n) is 19.4. The lowest BCUT2D eigenvalue weighted by molar-refractivity contribution is -0.384. The third kappa shape index (κ3) is 5.14. The third-order valence-corrected chi connectivity index (χ3v) is 6.27. The Kier molecular flexibility index (Phi) is 7.04. The number of nitro benzene ring substituents is 1. The van der Waals surface area contributed by atoms with E-state index in [0.29, 0.717) is 49.8 Å². The highest BCUT2D eigenvalue weighted by atomic mass is 16.6. The van der Waals surface area contributed by atoms with Crippen molar-refractivity contribution >= 4 is 17.3 Å². The molecule has 13 nitrogen and oxygen atoms in total. The van der Waals surface area contributed by atoms with Crippen LogP contribution in [-0.2, 0) is 22.4 Å². The van der Waals surface area contributed by atoms with Crippen LogP contribution in [0.3, 0.4) is 0 Å². The monoisotopic (exact) mass is 497 g/mol. The first-order valence-electron chi connectivity index (χ1n) is 11.7. The van der Waals surface area contributed by atoms with E-state index in [2.05, 4.69) is 15.3 Å². The van der Waals surface area contributed by atoms with Crippen molar-refractivity contribution in [2.75, 3.05) is 18.5 Å². The molecule has 4 unspecified atom stereocenters. The number of hydrogen-bond acceptors (Lipinski definition) is 10. The Labute approximate surface area is 206 Å². The van der Waals surface area contributed by atoms with Crippen LogP contribution >= 0.6 is 0 Å². The number of nitro groups is 1. The highest BCUT2D eigenvalue weighted by Crippen LogP contribution is 2.37. The molecule has 1 aromatic carbocycles. The van der Waals surface area contributed by atoms with E-state index in [1.807, 2.05) is 10.8 Å². The summed E-state index contributed by atoms with van der Waals surface area (Å²) < 4.78 is 15.7. The van der Waals surface area contributed by atoms with Gasteiger partial charge in [-0.2, -0.15) is 0 Å². The number of nitrogens with one attached hydrogen (secondary N) is 1. The fourth-order valence-corrected chi connectivity index (χ4v) is 4.30. The maximum absolute atomic E-state index is 10.9. The molecule has 1 saturated heterocycles. The van der Waals surface area contributed by atoms with Crippen LogP contribution in [0.5, 0.6) is 0 Å². The van der Waals surface area contributed by atoms with Gasteiger partial charge in [0.2, 0.25) is 0 Å². The van der Waals surface area contributed by atoms with E-state index in [-0.39, 0.29) is 12.3 Å². The van der Waals surface area contributed by atoms with E-state index in [4.69, 9.17) is 14.5 Å². The molecule has 0 saturated carbocycles. The number of amidine groups is 1. The van der Waals surface area contributed by atoms with Gasteiger partial charge in [-0.3, -0.25) is 14.7 Å². The van der Waals surface area contributed by atoms with Gasteiger partial charge < -0.3 is 29.6 Å². The van der Waals surface area contributed by atoms with E-state index in [1.165, 1.54) is 12.1 Å². The van der Waals surface area contributed by atoms with Crippen LogP contribution < -0.4 is 5.32 Å². The number of anilines is 1. The van der Waals surface area contributed by atoms with Gasteiger partial charge in [-0.05, 0) is 12.0 Å². The Balaban J connectivity index is 1.31. The van der Waals surface area contributed by atoms with Crippen LogP contribution in [0, 0.1) is 10.1 Å². The number of hydrogen-bond donors (Lipinski definition) is 3. The van der Waals surface area contributed by atoms with Gasteiger partial charge in [0.1, 0.15) is 29.7 Å². The van der Waals surface area contributed by atoms with E-state index in [1.54, 1.807) is 35.6 Å². The molecule has 190 valence electrons. The number of imidazole rings is 2. The van der Waals surface area contributed by atoms with Crippen LogP contribution in [-0.4, -0.2) is 65.5 Å². The van der Waals surface area contributed by atoms with Crippen molar-refractivity contribution in [3.63, 3.8) is 0 Å². The minimum atomic E-state index is -0.773. The molecule has 5 rings (SSSR count). The van der Waals surface area contributed by atoms with Gasteiger partial charge in [0, 0.05) is 43.9 Å². The quantitative estimate of drug-likeness (QED) is 0.280. The Morgan fingerprint density at radius 1 is 1.25 bits per heavy atom. The van der Waals surface area contributed by atoms with Gasteiger partial charge in [-0.15, -0.1) is 0 Å². The smallest absolute Gasteiger partial charge is 0.269 e. The minimum Gasteiger partial charge on any atom is -0.394 e. The number of aromatic nitrogens is 4. The molecule has 2 aliphatic rings. The van der Waals surface area contributed by atoms with Crippen LogP contribution in [0.25, 0.3) is 0 Å². The summed E-state index contributed by atoms with van der Waals surface area (Å²) in [6, 6.07) is 6.37. The number of aliphatic hydroxyl groups is 2. The fourth-order valence-electron chi connectivity index (χ4n) is 4.30. The molecule has 2 aromatic heterocycles. The maximum atomic E-state index is 10.9. The summed E-state index contributed by atoms with van der Waals surface area (Å²) in [6.45, 7) is 0.725. The zero-order chi connectivity index (χ0) is 25.1. The molecule has 0 radical (unpaired) electrons. The second-order valence-electron chi connectivity index (χ2n) is 8.65. The number of fused-ring (bicyclic) bond motifs is 1. The predicted octanol–water partition coefficient (Wildman–Crippen LogP) is 1.80. The molecule has 0 bridgehead atoms. The lowest BCUT2D eigenvalue weighted by Crippen LogP contribution is -2.26. The van der Waals surface area contributed by atoms with Crippen LogP contribution in [0.1, 0.15) is 36.6 Å². The summed E-state index contributed by atoms with van der Waals surface area (Å²) >= 11 is 0. The van der Waals surface area contributed by atoms with E-state index in [0.717, 1.165) is 5.56 Å². The van der Waals surface area contributed by atoms with E-state index >= 15 is 0 Å². The normalized spacial score (nSPS) is 23.2. The predicted molar refractivity (Wildman–Crippen MR) is 127 cm³/mol. The molecular weight excluding hydrogens is 470 g/mol. The summed E-state index contributed by atoms with van der Waals surface area (Å²) in [7, 11) is 0. The van der Waals surface area contributed by atoms with Crippen LogP contribution in [0.4, 0.5) is 11.5 Å². The van der Waals surface area contributed by atoms with Crippen LogP contribution in [0.15, 0.2) is 54.3 Å². The number of aliphatic hydroxyl groups excluding tert-OH is 2. The lowest BCUT2D eigenvalue weighted by atomic mass is 10.1. The van der Waals surface area contributed by atoms with Gasteiger partial charge in [0.05, 0.1) is 36.9 Å². The van der Waals surface area contributed by atoms with E-state index < -0.39 is 29.6 Å². The number of ether oxygens (including phenoxy) is 2. The number of non-ortho nitro benzene ring substituents is 1. The molecule has 2 aliphatic heterocycles.